The van der Waals surface area contributed by atoms with Crippen molar-refractivity contribution in [1.82, 2.24) is 0 Å². The number of nitrogens with two attached hydrogens (primary N) is 1. The highest BCUT2D eigenvalue weighted by molar-refractivity contribution is 6.56. The highest BCUT2D eigenvalue weighted by Gasteiger charge is 2.25. The fourth-order valence-corrected chi connectivity index (χ4v) is 2.11. The lowest BCUT2D eigenvalue weighted by Gasteiger charge is -2.08. The molecule has 0 rings (SSSR count). The van der Waals surface area contributed by atoms with E-state index in [9.17, 15) is 0 Å². The zero-order valence-corrected chi connectivity index (χ0v) is 9.78. The zero-order chi connectivity index (χ0) is 10.9. The van der Waals surface area contributed by atoms with Gasteiger partial charge in [0.05, 0.1) is 0 Å². The van der Waals surface area contributed by atoms with Gasteiger partial charge in [0, 0.05) is 6.04 Å². The molecule has 86 valence electrons. The molecule has 0 unspecified atom stereocenters. The standard InChI is InChI=1S/C9H23NO3Si/c10-8-6-4-2-1-3-5-7-9-14(11,12)13/h11-13H,1-10H2. The molecule has 0 aliphatic carbocycles. The van der Waals surface area contributed by atoms with E-state index in [0.717, 1.165) is 25.8 Å². The molecule has 0 aromatic heterocycles. The molecule has 0 aliphatic rings. The number of unbranched alkanes of at least 4 members (excludes halogenated alkanes) is 6. The van der Waals surface area contributed by atoms with E-state index in [4.69, 9.17) is 20.1 Å². The SMILES string of the molecule is NCCCCCCCCC[Si](O)(O)O. The van der Waals surface area contributed by atoms with Crippen molar-refractivity contribution in [3.8, 4) is 0 Å². The molecule has 0 radical (unpaired) electrons. The summed E-state index contributed by atoms with van der Waals surface area (Å²) in [5.41, 5.74) is 5.36. The third-order valence-corrected chi connectivity index (χ3v) is 3.24. The maximum Gasteiger partial charge on any atom is 0.492 e. The van der Waals surface area contributed by atoms with Gasteiger partial charge >= 0.3 is 8.80 Å². The third-order valence-electron chi connectivity index (χ3n) is 2.22. The van der Waals surface area contributed by atoms with Crippen LogP contribution in [0.15, 0.2) is 0 Å². The molecule has 0 aromatic carbocycles. The number of hydrogen-bond donors (Lipinski definition) is 4. The Morgan fingerprint density at radius 2 is 1.14 bits per heavy atom. The average molecular weight is 221 g/mol. The summed E-state index contributed by atoms with van der Waals surface area (Å²) in [5.74, 6) is 0. The summed E-state index contributed by atoms with van der Waals surface area (Å²) in [7, 11) is -3.75. The molecule has 0 atom stereocenters. The third kappa shape index (κ3) is 12.1. The molecule has 0 aliphatic heterocycles. The summed E-state index contributed by atoms with van der Waals surface area (Å²) in [6.45, 7) is 0.771. The molecule has 0 spiro atoms. The van der Waals surface area contributed by atoms with Crippen molar-refractivity contribution in [3.63, 3.8) is 0 Å². The first-order valence-electron chi connectivity index (χ1n) is 5.43. The second-order valence-electron chi connectivity index (χ2n) is 3.79. The predicted molar refractivity (Wildman–Crippen MR) is 58.6 cm³/mol. The molecule has 5 N–H and O–H groups in total. The predicted octanol–water partition coefficient (Wildman–Crippen LogP) is 0.592. The first-order valence-corrected chi connectivity index (χ1v) is 7.48. The molecule has 0 bridgehead atoms. The summed E-state index contributed by atoms with van der Waals surface area (Å²) >= 11 is 0. The fourth-order valence-electron chi connectivity index (χ4n) is 1.39. The van der Waals surface area contributed by atoms with Crippen LogP contribution in [-0.2, 0) is 0 Å². The van der Waals surface area contributed by atoms with Crippen molar-refractivity contribution in [2.24, 2.45) is 5.73 Å². The van der Waals surface area contributed by atoms with Crippen molar-refractivity contribution in [1.29, 1.82) is 0 Å². The van der Waals surface area contributed by atoms with Crippen LogP contribution in [0.2, 0.25) is 6.04 Å². The van der Waals surface area contributed by atoms with E-state index in [0.29, 0.717) is 6.42 Å². The van der Waals surface area contributed by atoms with Crippen molar-refractivity contribution in [2.45, 2.75) is 51.0 Å². The lowest BCUT2D eigenvalue weighted by molar-refractivity contribution is 0.226. The largest absolute Gasteiger partial charge is 0.492 e. The number of rotatable bonds is 9. The van der Waals surface area contributed by atoms with Gasteiger partial charge in [-0.2, -0.15) is 0 Å². The highest BCUT2D eigenvalue weighted by atomic mass is 28.4. The number of hydrogen-bond acceptors (Lipinski definition) is 4. The summed E-state index contributed by atoms with van der Waals surface area (Å²) in [5, 5.41) is 0. The van der Waals surface area contributed by atoms with Gasteiger partial charge in [-0.25, -0.2) is 0 Å². The molecule has 0 aromatic rings. The van der Waals surface area contributed by atoms with Crippen LogP contribution in [0, 0.1) is 0 Å². The Morgan fingerprint density at radius 3 is 1.57 bits per heavy atom. The molecule has 14 heavy (non-hydrogen) atoms. The van der Waals surface area contributed by atoms with E-state index in [2.05, 4.69) is 0 Å². The second-order valence-corrected chi connectivity index (χ2v) is 5.84. The minimum Gasteiger partial charge on any atom is -0.390 e. The van der Waals surface area contributed by atoms with Crippen molar-refractivity contribution in [2.75, 3.05) is 6.54 Å². The highest BCUT2D eigenvalue weighted by Crippen LogP contribution is 2.11. The Labute approximate surface area is 87.1 Å². The van der Waals surface area contributed by atoms with Gasteiger partial charge in [-0.1, -0.05) is 32.1 Å². The molecule has 0 saturated carbocycles. The maximum absolute atomic E-state index is 8.73. The monoisotopic (exact) mass is 221 g/mol. The van der Waals surface area contributed by atoms with E-state index >= 15 is 0 Å². The van der Waals surface area contributed by atoms with Crippen LogP contribution in [0.5, 0.6) is 0 Å². The van der Waals surface area contributed by atoms with Crippen LogP contribution in [0.3, 0.4) is 0 Å². The zero-order valence-electron chi connectivity index (χ0n) is 8.78. The van der Waals surface area contributed by atoms with Gasteiger partial charge < -0.3 is 20.1 Å². The molecule has 0 heterocycles. The Hall–Kier alpha value is 0.0569. The Bertz CT molecular complexity index is 128. The van der Waals surface area contributed by atoms with Crippen LogP contribution < -0.4 is 5.73 Å². The average Bonchev–Trinajstić information content (AvgIpc) is 2.08. The summed E-state index contributed by atoms with van der Waals surface area (Å²) < 4.78 is 0. The first-order chi connectivity index (χ1) is 6.56. The minimum absolute atomic E-state index is 0.176. The maximum atomic E-state index is 8.73. The second kappa shape index (κ2) is 8.37. The summed E-state index contributed by atoms with van der Waals surface area (Å²) in [6, 6.07) is 0.176. The van der Waals surface area contributed by atoms with E-state index < -0.39 is 8.80 Å². The van der Waals surface area contributed by atoms with Crippen molar-refractivity contribution in [3.05, 3.63) is 0 Å². The molecule has 0 amide bonds. The van der Waals surface area contributed by atoms with E-state index in [1.165, 1.54) is 19.3 Å². The van der Waals surface area contributed by atoms with Gasteiger partial charge in [-0.05, 0) is 19.4 Å². The van der Waals surface area contributed by atoms with Crippen molar-refractivity contribution >= 4 is 8.80 Å². The van der Waals surface area contributed by atoms with E-state index in [1.807, 2.05) is 0 Å². The Kier molecular flexibility index (Phi) is 8.41. The molecule has 5 heteroatoms. The van der Waals surface area contributed by atoms with Crippen LogP contribution in [0.25, 0.3) is 0 Å². The van der Waals surface area contributed by atoms with E-state index in [-0.39, 0.29) is 6.04 Å². The van der Waals surface area contributed by atoms with Gasteiger partial charge in [0.25, 0.3) is 0 Å². The lowest BCUT2D eigenvalue weighted by atomic mass is 10.1. The van der Waals surface area contributed by atoms with Gasteiger partial charge in [-0.15, -0.1) is 0 Å². The molecular formula is C9H23NO3Si. The Morgan fingerprint density at radius 1 is 0.714 bits per heavy atom. The Balaban J connectivity index is 2.99. The quantitative estimate of drug-likeness (QED) is 0.339. The van der Waals surface area contributed by atoms with Crippen LogP contribution in [-0.4, -0.2) is 29.7 Å². The topological polar surface area (TPSA) is 86.7 Å². The lowest BCUT2D eigenvalue weighted by Crippen LogP contribution is -2.33. The van der Waals surface area contributed by atoms with Crippen molar-refractivity contribution < 1.29 is 14.4 Å². The molecule has 0 saturated heterocycles. The van der Waals surface area contributed by atoms with E-state index in [1.54, 1.807) is 0 Å². The van der Waals surface area contributed by atoms with Crippen LogP contribution in [0.4, 0.5) is 0 Å². The van der Waals surface area contributed by atoms with Gasteiger partial charge in [0.15, 0.2) is 0 Å². The van der Waals surface area contributed by atoms with Crippen LogP contribution >= 0.6 is 0 Å². The van der Waals surface area contributed by atoms with Gasteiger partial charge in [0.1, 0.15) is 0 Å². The van der Waals surface area contributed by atoms with Crippen LogP contribution in [0.1, 0.15) is 44.9 Å². The molecule has 4 nitrogen and oxygen atoms in total. The summed E-state index contributed by atoms with van der Waals surface area (Å²) in [6.07, 6.45) is 7.46. The van der Waals surface area contributed by atoms with Gasteiger partial charge in [-0.3, -0.25) is 0 Å². The summed E-state index contributed by atoms with van der Waals surface area (Å²) in [4.78, 5) is 26.2. The van der Waals surface area contributed by atoms with Gasteiger partial charge in [0.2, 0.25) is 0 Å². The molecule has 0 fully saturated rings. The first kappa shape index (κ1) is 14.1. The fraction of sp³-hybridized carbons (Fsp3) is 1.00. The minimum atomic E-state index is -3.75. The smallest absolute Gasteiger partial charge is 0.390 e. The molecular weight excluding hydrogens is 198 g/mol. The normalized spacial score (nSPS) is 12.0.